The SMILES string of the molecule is COc1c(Cl)cc(Cl)cc1CNC1CC(N(CC(=O)O)CC2CC2)C1. The van der Waals surface area contributed by atoms with E-state index in [-0.39, 0.29) is 6.54 Å². The van der Waals surface area contributed by atoms with Crippen molar-refractivity contribution >= 4 is 29.2 Å². The molecular weight excluding hydrogens is 363 g/mol. The van der Waals surface area contributed by atoms with Gasteiger partial charge in [-0.25, -0.2) is 0 Å². The number of hydrogen-bond donors (Lipinski definition) is 2. The van der Waals surface area contributed by atoms with E-state index in [9.17, 15) is 4.79 Å². The Labute approximate surface area is 158 Å². The summed E-state index contributed by atoms with van der Waals surface area (Å²) >= 11 is 12.2. The van der Waals surface area contributed by atoms with Crippen molar-refractivity contribution in [2.75, 3.05) is 20.2 Å². The third-order valence-corrected chi connectivity index (χ3v) is 5.53. The standard InChI is InChI=1S/C18H24Cl2N2O3/c1-25-18-12(4-13(19)5-16(18)20)8-21-14-6-15(7-14)22(10-17(23)24)9-11-2-3-11/h4-5,11,14-15,21H,2-3,6-10H2,1H3,(H,23,24). The number of carboxylic acid groups (broad SMARTS) is 1. The van der Waals surface area contributed by atoms with Crippen molar-refractivity contribution < 1.29 is 14.6 Å². The maximum absolute atomic E-state index is 11.1. The second-order valence-electron chi connectivity index (χ2n) is 7.05. The van der Waals surface area contributed by atoms with Gasteiger partial charge in [0.05, 0.1) is 18.7 Å². The van der Waals surface area contributed by atoms with E-state index >= 15 is 0 Å². The fourth-order valence-corrected chi connectivity index (χ4v) is 4.04. The highest BCUT2D eigenvalue weighted by atomic mass is 35.5. The number of carbonyl (C=O) groups is 1. The Morgan fingerprint density at radius 2 is 2.08 bits per heavy atom. The average Bonchev–Trinajstić information content (AvgIpc) is 3.28. The van der Waals surface area contributed by atoms with Gasteiger partial charge >= 0.3 is 5.97 Å². The Morgan fingerprint density at radius 3 is 2.68 bits per heavy atom. The van der Waals surface area contributed by atoms with Gasteiger partial charge in [-0.3, -0.25) is 9.69 Å². The van der Waals surface area contributed by atoms with E-state index in [0.717, 1.165) is 24.9 Å². The summed E-state index contributed by atoms with van der Waals surface area (Å²) in [5, 5.41) is 13.7. The summed E-state index contributed by atoms with van der Waals surface area (Å²) in [5.41, 5.74) is 0.934. The number of benzene rings is 1. The topological polar surface area (TPSA) is 61.8 Å². The molecule has 2 aliphatic carbocycles. The molecule has 7 heteroatoms. The zero-order valence-electron chi connectivity index (χ0n) is 14.3. The van der Waals surface area contributed by atoms with Crippen molar-refractivity contribution in [3.63, 3.8) is 0 Å². The monoisotopic (exact) mass is 386 g/mol. The number of aliphatic carboxylic acids is 1. The molecule has 0 amide bonds. The lowest BCUT2D eigenvalue weighted by Crippen LogP contribution is -2.54. The van der Waals surface area contributed by atoms with E-state index in [1.807, 2.05) is 6.07 Å². The average molecular weight is 387 g/mol. The highest BCUT2D eigenvalue weighted by Crippen LogP contribution is 2.35. The number of nitrogens with one attached hydrogen (secondary N) is 1. The minimum absolute atomic E-state index is 0.144. The van der Waals surface area contributed by atoms with E-state index in [1.54, 1.807) is 13.2 Å². The van der Waals surface area contributed by atoms with Gasteiger partial charge in [0.15, 0.2) is 0 Å². The quantitative estimate of drug-likeness (QED) is 0.680. The Balaban J connectivity index is 1.50. The summed E-state index contributed by atoms with van der Waals surface area (Å²) in [4.78, 5) is 13.2. The molecule has 0 atom stereocenters. The fraction of sp³-hybridized carbons (Fsp3) is 0.611. The molecule has 2 saturated carbocycles. The van der Waals surface area contributed by atoms with Crippen molar-refractivity contribution in [3.05, 3.63) is 27.7 Å². The summed E-state index contributed by atoms with van der Waals surface area (Å²) in [6.45, 7) is 1.69. The predicted octanol–water partition coefficient (Wildman–Crippen LogP) is 3.42. The van der Waals surface area contributed by atoms with Crippen LogP contribution in [0.15, 0.2) is 12.1 Å². The maximum Gasteiger partial charge on any atom is 0.317 e. The Hall–Kier alpha value is -1.01. The Morgan fingerprint density at radius 1 is 1.36 bits per heavy atom. The molecule has 0 saturated heterocycles. The van der Waals surface area contributed by atoms with Crippen molar-refractivity contribution in [2.24, 2.45) is 5.92 Å². The Bertz CT molecular complexity index is 631. The van der Waals surface area contributed by atoms with Crippen molar-refractivity contribution in [1.29, 1.82) is 0 Å². The normalized spacial score (nSPS) is 22.7. The number of rotatable bonds is 9. The molecule has 0 aromatic heterocycles. The third-order valence-electron chi connectivity index (χ3n) is 5.03. The van der Waals surface area contributed by atoms with E-state index in [1.165, 1.54) is 12.8 Å². The summed E-state index contributed by atoms with van der Waals surface area (Å²) in [7, 11) is 1.60. The Kier molecular flexibility index (Phi) is 6.10. The van der Waals surface area contributed by atoms with Crippen LogP contribution in [-0.2, 0) is 11.3 Å². The van der Waals surface area contributed by atoms with E-state index in [0.29, 0.717) is 40.3 Å². The number of hydrogen-bond acceptors (Lipinski definition) is 4. The van der Waals surface area contributed by atoms with Crippen LogP contribution in [0.2, 0.25) is 10.0 Å². The fourth-order valence-electron chi connectivity index (χ4n) is 3.43. The molecule has 2 N–H and O–H groups in total. The highest BCUT2D eigenvalue weighted by Gasteiger charge is 2.36. The number of ether oxygens (including phenoxy) is 1. The van der Waals surface area contributed by atoms with Gasteiger partial charge in [0.1, 0.15) is 5.75 Å². The lowest BCUT2D eigenvalue weighted by atomic mass is 9.85. The molecule has 0 radical (unpaired) electrons. The molecule has 138 valence electrons. The summed E-state index contributed by atoms with van der Waals surface area (Å²) in [6.07, 6.45) is 4.41. The van der Waals surface area contributed by atoms with Gasteiger partial charge in [-0.15, -0.1) is 0 Å². The molecule has 0 aliphatic heterocycles. The van der Waals surface area contributed by atoms with Gasteiger partial charge in [-0.2, -0.15) is 0 Å². The minimum Gasteiger partial charge on any atom is -0.495 e. The van der Waals surface area contributed by atoms with Gasteiger partial charge < -0.3 is 15.2 Å². The van der Waals surface area contributed by atoms with Crippen LogP contribution < -0.4 is 10.1 Å². The maximum atomic E-state index is 11.1. The van der Waals surface area contributed by atoms with Crippen LogP contribution in [0, 0.1) is 5.92 Å². The lowest BCUT2D eigenvalue weighted by molar-refractivity contribution is -0.139. The smallest absolute Gasteiger partial charge is 0.317 e. The first-order valence-corrected chi connectivity index (χ1v) is 9.43. The van der Waals surface area contributed by atoms with E-state index in [4.69, 9.17) is 33.0 Å². The van der Waals surface area contributed by atoms with Gasteiger partial charge in [-0.1, -0.05) is 23.2 Å². The molecular formula is C18H24Cl2N2O3. The largest absolute Gasteiger partial charge is 0.495 e. The molecule has 3 rings (SSSR count). The molecule has 1 aromatic rings. The van der Waals surface area contributed by atoms with Crippen LogP contribution in [0.1, 0.15) is 31.2 Å². The molecule has 0 unspecified atom stereocenters. The zero-order valence-corrected chi connectivity index (χ0v) is 15.8. The van der Waals surface area contributed by atoms with Crippen LogP contribution in [-0.4, -0.2) is 48.3 Å². The van der Waals surface area contributed by atoms with Crippen LogP contribution >= 0.6 is 23.2 Å². The molecule has 0 spiro atoms. The van der Waals surface area contributed by atoms with Gasteiger partial charge in [-0.05, 0) is 43.7 Å². The van der Waals surface area contributed by atoms with E-state index < -0.39 is 5.97 Å². The van der Waals surface area contributed by atoms with Gasteiger partial charge in [0, 0.05) is 35.8 Å². The first-order chi connectivity index (χ1) is 12.0. The zero-order chi connectivity index (χ0) is 18.0. The third kappa shape index (κ3) is 5.00. The molecule has 0 heterocycles. The number of halogens is 2. The summed E-state index contributed by atoms with van der Waals surface area (Å²) in [5.74, 6) is 0.607. The van der Waals surface area contributed by atoms with Crippen molar-refractivity contribution in [1.82, 2.24) is 10.2 Å². The van der Waals surface area contributed by atoms with Crippen LogP contribution in [0.4, 0.5) is 0 Å². The first-order valence-electron chi connectivity index (χ1n) is 8.67. The summed E-state index contributed by atoms with van der Waals surface area (Å²) < 4.78 is 5.36. The number of carboxylic acids is 1. The lowest BCUT2D eigenvalue weighted by Gasteiger charge is -2.43. The molecule has 25 heavy (non-hydrogen) atoms. The highest BCUT2D eigenvalue weighted by molar-refractivity contribution is 6.35. The van der Waals surface area contributed by atoms with Crippen LogP contribution in [0.5, 0.6) is 5.75 Å². The van der Waals surface area contributed by atoms with Crippen molar-refractivity contribution in [3.8, 4) is 5.75 Å². The van der Waals surface area contributed by atoms with Gasteiger partial charge in [0.2, 0.25) is 0 Å². The second kappa shape index (κ2) is 8.12. The van der Waals surface area contributed by atoms with Crippen LogP contribution in [0.25, 0.3) is 0 Å². The van der Waals surface area contributed by atoms with Crippen molar-refractivity contribution in [2.45, 2.75) is 44.3 Å². The molecule has 1 aromatic carbocycles. The first kappa shape index (κ1) is 18.8. The predicted molar refractivity (Wildman–Crippen MR) is 98.6 cm³/mol. The molecule has 2 aliphatic rings. The molecule has 0 bridgehead atoms. The molecule has 5 nitrogen and oxygen atoms in total. The van der Waals surface area contributed by atoms with E-state index in [2.05, 4.69) is 10.2 Å². The number of nitrogens with zero attached hydrogens (tertiary/aromatic N) is 1. The van der Waals surface area contributed by atoms with Gasteiger partial charge in [0.25, 0.3) is 0 Å². The number of methoxy groups -OCH3 is 1. The minimum atomic E-state index is -0.740. The second-order valence-corrected chi connectivity index (χ2v) is 7.89. The molecule has 2 fully saturated rings. The summed E-state index contributed by atoms with van der Waals surface area (Å²) in [6, 6.07) is 4.27. The van der Waals surface area contributed by atoms with Crippen LogP contribution in [0.3, 0.4) is 0 Å².